The van der Waals surface area contributed by atoms with Crippen LogP contribution in [0.1, 0.15) is 23.2 Å². The van der Waals surface area contributed by atoms with Crippen molar-refractivity contribution in [1.29, 1.82) is 0 Å². The number of likely N-dealkylation sites (N-methyl/N-ethyl adjacent to an activating group) is 2. The monoisotopic (exact) mass is 405 g/mol. The number of oxazole rings is 1. The topological polar surface area (TPSA) is 73.6 Å². The molecular weight excluding hydrogens is 378 g/mol. The van der Waals surface area contributed by atoms with E-state index in [9.17, 15) is 4.79 Å². The standard InChI is InChI=1S/C23H27N5O2/c1-27-13-17-11-16(12-18(14-27)28(17)2)24-22(29)19-9-6-10-20-21(19)26-23(30-20)25-15-7-4-3-5-8-15/h3-10,16-18H,11-14H2,1-2H3,(H,24,29)(H,25,26). The summed E-state index contributed by atoms with van der Waals surface area (Å²) >= 11 is 0. The molecule has 0 spiro atoms. The molecule has 0 radical (unpaired) electrons. The minimum absolute atomic E-state index is 0.0823. The summed E-state index contributed by atoms with van der Waals surface area (Å²) in [5.74, 6) is -0.0823. The minimum atomic E-state index is -0.0823. The molecule has 2 unspecified atom stereocenters. The number of aromatic nitrogens is 1. The first-order valence-electron chi connectivity index (χ1n) is 10.5. The molecule has 2 saturated heterocycles. The van der Waals surface area contributed by atoms with Gasteiger partial charge in [-0.1, -0.05) is 24.3 Å². The fourth-order valence-corrected chi connectivity index (χ4v) is 4.80. The lowest BCUT2D eigenvalue weighted by Crippen LogP contribution is -2.63. The van der Waals surface area contributed by atoms with Crippen molar-refractivity contribution in [3.05, 3.63) is 54.1 Å². The van der Waals surface area contributed by atoms with Gasteiger partial charge in [0.2, 0.25) is 0 Å². The molecule has 3 aromatic rings. The summed E-state index contributed by atoms with van der Waals surface area (Å²) in [6.45, 7) is 2.10. The molecule has 30 heavy (non-hydrogen) atoms. The molecule has 0 saturated carbocycles. The van der Waals surface area contributed by atoms with Gasteiger partial charge in [-0.3, -0.25) is 9.69 Å². The highest BCUT2D eigenvalue weighted by Gasteiger charge is 2.38. The molecule has 2 N–H and O–H groups in total. The first kappa shape index (κ1) is 19.1. The third-order valence-electron chi connectivity index (χ3n) is 6.33. The Morgan fingerprint density at radius 1 is 1.03 bits per heavy atom. The summed E-state index contributed by atoms with van der Waals surface area (Å²) < 4.78 is 5.82. The highest BCUT2D eigenvalue weighted by Crippen LogP contribution is 2.28. The van der Waals surface area contributed by atoms with Crippen molar-refractivity contribution >= 4 is 28.7 Å². The highest BCUT2D eigenvalue weighted by molar-refractivity contribution is 6.04. The number of fused-ring (bicyclic) bond motifs is 3. The number of hydrogen-bond donors (Lipinski definition) is 2. The van der Waals surface area contributed by atoms with Gasteiger partial charge >= 0.3 is 0 Å². The second kappa shape index (κ2) is 7.74. The van der Waals surface area contributed by atoms with E-state index in [0.29, 0.717) is 34.8 Å². The zero-order chi connectivity index (χ0) is 20.7. The maximum Gasteiger partial charge on any atom is 0.300 e. The van der Waals surface area contributed by atoms with Crippen LogP contribution >= 0.6 is 0 Å². The lowest BCUT2D eigenvalue weighted by atomic mass is 9.88. The van der Waals surface area contributed by atoms with Crippen LogP contribution in [0.5, 0.6) is 0 Å². The Morgan fingerprint density at radius 2 is 1.77 bits per heavy atom. The zero-order valence-corrected chi connectivity index (χ0v) is 17.3. The van der Waals surface area contributed by atoms with Gasteiger partial charge in [0.1, 0.15) is 5.52 Å². The van der Waals surface area contributed by atoms with Gasteiger partial charge in [-0.25, -0.2) is 0 Å². The molecule has 1 aromatic heterocycles. The van der Waals surface area contributed by atoms with Crippen LogP contribution in [-0.2, 0) is 0 Å². The third-order valence-corrected chi connectivity index (χ3v) is 6.33. The molecule has 7 heteroatoms. The smallest absolute Gasteiger partial charge is 0.300 e. The van der Waals surface area contributed by atoms with Crippen LogP contribution in [0.2, 0.25) is 0 Å². The molecule has 7 nitrogen and oxygen atoms in total. The van der Waals surface area contributed by atoms with E-state index in [1.807, 2.05) is 48.5 Å². The van der Waals surface area contributed by atoms with Crippen LogP contribution in [0.15, 0.2) is 52.9 Å². The van der Waals surface area contributed by atoms with Crippen LogP contribution in [-0.4, -0.2) is 66.0 Å². The predicted octanol–water partition coefficient (Wildman–Crippen LogP) is 3.08. The second-order valence-electron chi connectivity index (χ2n) is 8.50. The molecule has 2 bridgehead atoms. The van der Waals surface area contributed by atoms with Crippen molar-refractivity contribution in [2.75, 3.05) is 32.5 Å². The molecule has 2 atom stereocenters. The van der Waals surface area contributed by atoms with Crippen LogP contribution < -0.4 is 10.6 Å². The van der Waals surface area contributed by atoms with Gasteiger partial charge < -0.3 is 20.0 Å². The summed E-state index contributed by atoms with van der Waals surface area (Å²) in [5, 5.41) is 6.42. The fraction of sp³-hybridized carbons (Fsp3) is 0.391. The maximum absolute atomic E-state index is 13.1. The number of hydrogen-bond acceptors (Lipinski definition) is 6. The van der Waals surface area contributed by atoms with E-state index in [2.05, 4.69) is 39.5 Å². The fourth-order valence-electron chi connectivity index (χ4n) is 4.80. The van der Waals surface area contributed by atoms with E-state index < -0.39 is 0 Å². The number of nitrogens with one attached hydrogen (secondary N) is 2. The van der Waals surface area contributed by atoms with E-state index in [-0.39, 0.29) is 11.9 Å². The number of benzene rings is 2. The average Bonchev–Trinajstić information content (AvgIpc) is 3.12. The first-order valence-corrected chi connectivity index (χ1v) is 10.5. The number of piperazine rings is 1. The average molecular weight is 406 g/mol. The van der Waals surface area contributed by atoms with Crippen LogP contribution in [0, 0.1) is 0 Å². The van der Waals surface area contributed by atoms with E-state index in [4.69, 9.17) is 4.42 Å². The zero-order valence-electron chi connectivity index (χ0n) is 17.3. The second-order valence-corrected chi connectivity index (χ2v) is 8.50. The van der Waals surface area contributed by atoms with Gasteiger partial charge in [0, 0.05) is 36.9 Å². The number of para-hydroxylation sites is 2. The molecule has 5 rings (SSSR count). The quantitative estimate of drug-likeness (QED) is 0.695. The van der Waals surface area contributed by atoms with Gasteiger partial charge in [-0.15, -0.1) is 0 Å². The minimum Gasteiger partial charge on any atom is -0.423 e. The van der Waals surface area contributed by atoms with Crippen molar-refractivity contribution in [2.45, 2.75) is 31.0 Å². The van der Waals surface area contributed by atoms with Gasteiger partial charge in [-0.2, -0.15) is 4.98 Å². The van der Waals surface area contributed by atoms with E-state index in [1.54, 1.807) is 0 Å². The molecular formula is C23H27N5O2. The Labute approximate surface area is 176 Å². The van der Waals surface area contributed by atoms with Gasteiger partial charge in [-0.05, 0) is 51.2 Å². The van der Waals surface area contributed by atoms with Crippen molar-refractivity contribution in [3.63, 3.8) is 0 Å². The maximum atomic E-state index is 13.1. The van der Waals surface area contributed by atoms with Crippen molar-refractivity contribution < 1.29 is 9.21 Å². The Hall–Kier alpha value is -2.90. The van der Waals surface area contributed by atoms with Gasteiger partial charge in [0.05, 0.1) is 5.56 Å². The van der Waals surface area contributed by atoms with Crippen LogP contribution in [0.4, 0.5) is 11.7 Å². The Balaban J connectivity index is 1.34. The number of anilines is 2. The van der Waals surface area contributed by atoms with Crippen molar-refractivity contribution in [1.82, 2.24) is 20.1 Å². The van der Waals surface area contributed by atoms with E-state index in [0.717, 1.165) is 31.6 Å². The molecule has 2 fully saturated rings. The summed E-state index contributed by atoms with van der Waals surface area (Å²) in [7, 11) is 4.38. The highest BCUT2D eigenvalue weighted by atomic mass is 16.4. The third kappa shape index (κ3) is 3.66. The number of carbonyl (C=O) groups is 1. The summed E-state index contributed by atoms with van der Waals surface area (Å²) in [4.78, 5) is 22.5. The first-order chi connectivity index (χ1) is 14.6. The number of amides is 1. The van der Waals surface area contributed by atoms with Gasteiger partial charge in [0.15, 0.2) is 5.58 Å². The van der Waals surface area contributed by atoms with Crippen LogP contribution in [0.3, 0.4) is 0 Å². The van der Waals surface area contributed by atoms with Gasteiger partial charge in [0.25, 0.3) is 11.9 Å². The molecule has 2 aromatic carbocycles. The molecule has 2 aliphatic heterocycles. The lowest BCUT2D eigenvalue weighted by molar-refractivity contribution is 0.00841. The molecule has 1 amide bonds. The number of likely N-dealkylation sites (tertiary alicyclic amines) is 1. The molecule has 0 aliphatic carbocycles. The van der Waals surface area contributed by atoms with Crippen molar-refractivity contribution in [2.24, 2.45) is 0 Å². The summed E-state index contributed by atoms with van der Waals surface area (Å²) in [6, 6.07) is 16.7. The van der Waals surface area contributed by atoms with E-state index in [1.165, 1.54) is 0 Å². The molecule has 156 valence electrons. The number of carbonyl (C=O) groups excluding carboxylic acids is 1. The Kier molecular flexibility index (Phi) is 4.92. The normalized spacial score (nSPS) is 24.7. The summed E-state index contributed by atoms with van der Waals surface area (Å²) in [6.07, 6.45) is 1.94. The Morgan fingerprint density at radius 3 is 2.50 bits per heavy atom. The number of rotatable bonds is 4. The van der Waals surface area contributed by atoms with E-state index >= 15 is 0 Å². The lowest BCUT2D eigenvalue weighted by Gasteiger charge is -2.50. The molecule has 2 aliphatic rings. The number of nitrogens with zero attached hydrogens (tertiary/aromatic N) is 3. The predicted molar refractivity (Wildman–Crippen MR) is 117 cm³/mol. The largest absolute Gasteiger partial charge is 0.423 e. The van der Waals surface area contributed by atoms with Crippen LogP contribution in [0.25, 0.3) is 11.1 Å². The Bertz CT molecular complexity index is 1030. The molecule has 3 heterocycles. The summed E-state index contributed by atoms with van der Waals surface area (Å²) in [5.41, 5.74) is 2.63. The SMILES string of the molecule is CN1CC2CC(NC(=O)c3cccc4oc(Nc5ccccc5)nc34)CC(C1)N2C. The van der Waals surface area contributed by atoms with Crippen molar-refractivity contribution in [3.8, 4) is 0 Å². The number of piperidine rings is 1.